The molecule has 0 unspecified atom stereocenters. The van der Waals surface area contributed by atoms with Crippen LogP contribution in [0.5, 0.6) is 0 Å². The van der Waals surface area contributed by atoms with Crippen LogP contribution in [0, 0.1) is 12.8 Å². The second-order valence-electron chi connectivity index (χ2n) is 5.56. The minimum absolute atomic E-state index is 0.661. The van der Waals surface area contributed by atoms with E-state index in [0.29, 0.717) is 5.92 Å². The first-order chi connectivity index (χ1) is 10.1. The molecule has 0 fully saturated rings. The predicted molar refractivity (Wildman–Crippen MR) is 86.3 cm³/mol. The minimum atomic E-state index is 0.661. The molecule has 0 aliphatic carbocycles. The van der Waals surface area contributed by atoms with Gasteiger partial charge in [-0.3, -0.25) is 0 Å². The van der Waals surface area contributed by atoms with Crippen LogP contribution in [0.25, 0.3) is 0 Å². The Morgan fingerprint density at radius 2 is 2.19 bits per heavy atom. The summed E-state index contributed by atoms with van der Waals surface area (Å²) in [4.78, 5) is 0. The molecule has 2 rings (SSSR count). The van der Waals surface area contributed by atoms with E-state index in [9.17, 15) is 0 Å². The summed E-state index contributed by atoms with van der Waals surface area (Å²) >= 11 is 1.68. The summed E-state index contributed by atoms with van der Waals surface area (Å²) in [6.07, 6.45) is 0. The lowest BCUT2D eigenvalue weighted by Gasteiger charge is -2.08. The van der Waals surface area contributed by atoms with Crippen molar-refractivity contribution >= 4 is 11.8 Å². The quantitative estimate of drug-likeness (QED) is 0.600. The molecule has 0 radical (unpaired) electrons. The molecule has 0 saturated carbocycles. The van der Waals surface area contributed by atoms with Gasteiger partial charge in [-0.2, -0.15) is 0 Å². The maximum absolute atomic E-state index is 4.10. The van der Waals surface area contributed by atoms with Gasteiger partial charge in [-0.25, -0.2) is 4.68 Å². The SMILES string of the molecule is Cc1cccc(CSc2nnnn2CCNCC(C)C)c1. The van der Waals surface area contributed by atoms with E-state index in [4.69, 9.17) is 0 Å². The Morgan fingerprint density at radius 1 is 1.33 bits per heavy atom. The number of thioether (sulfide) groups is 1. The maximum Gasteiger partial charge on any atom is 0.209 e. The maximum atomic E-state index is 4.10. The van der Waals surface area contributed by atoms with Crippen LogP contribution in [0.2, 0.25) is 0 Å². The van der Waals surface area contributed by atoms with Gasteiger partial charge < -0.3 is 5.32 Å². The van der Waals surface area contributed by atoms with Crippen LogP contribution < -0.4 is 5.32 Å². The van der Waals surface area contributed by atoms with Gasteiger partial charge in [0.15, 0.2) is 0 Å². The Kier molecular flexibility index (Phi) is 6.20. The van der Waals surface area contributed by atoms with Gasteiger partial charge in [-0.05, 0) is 35.4 Å². The van der Waals surface area contributed by atoms with Gasteiger partial charge in [0.1, 0.15) is 0 Å². The molecule has 5 nitrogen and oxygen atoms in total. The van der Waals surface area contributed by atoms with Gasteiger partial charge in [0.25, 0.3) is 0 Å². The second-order valence-corrected chi connectivity index (χ2v) is 6.50. The molecule has 1 heterocycles. The third-order valence-electron chi connectivity index (χ3n) is 3.00. The van der Waals surface area contributed by atoms with Crippen LogP contribution in [0.4, 0.5) is 0 Å². The summed E-state index contributed by atoms with van der Waals surface area (Å²) in [6, 6.07) is 8.53. The monoisotopic (exact) mass is 305 g/mol. The van der Waals surface area contributed by atoms with Crippen molar-refractivity contribution in [2.75, 3.05) is 13.1 Å². The van der Waals surface area contributed by atoms with Crippen LogP contribution in [0.3, 0.4) is 0 Å². The van der Waals surface area contributed by atoms with Crippen molar-refractivity contribution in [2.24, 2.45) is 5.92 Å². The zero-order valence-electron chi connectivity index (χ0n) is 12.9. The fraction of sp³-hybridized carbons (Fsp3) is 0.533. The highest BCUT2D eigenvalue weighted by Crippen LogP contribution is 2.20. The lowest BCUT2D eigenvalue weighted by atomic mass is 10.2. The van der Waals surface area contributed by atoms with Crippen LogP contribution >= 0.6 is 11.8 Å². The molecular weight excluding hydrogens is 282 g/mol. The average Bonchev–Trinajstić information content (AvgIpc) is 2.89. The van der Waals surface area contributed by atoms with Crippen molar-refractivity contribution in [1.82, 2.24) is 25.5 Å². The normalized spacial score (nSPS) is 11.2. The summed E-state index contributed by atoms with van der Waals surface area (Å²) in [7, 11) is 0. The standard InChI is InChI=1S/C15H23N5S/c1-12(2)10-16-7-8-20-15(17-18-19-20)21-11-14-6-4-5-13(3)9-14/h4-6,9,12,16H,7-8,10-11H2,1-3H3. The molecule has 0 amide bonds. The Balaban J connectivity index is 1.82. The number of benzene rings is 1. The van der Waals surface area contributed by atoms with Crippen molar-refractivity contribution < 1.29 is 0 Å². The summed E-state index contributed by atoms with van der Waals surface area (Å²) in [5.41, 5.74) is 2.58. The van der Waals surface area contributed by atoms with Crippen molar-refractivity contribution in [2.45, 2.75) is 38.2 Å². The number of aryl methyl sites for hydroxylation is 1. The van der Waals surface area contributed by atoms with E-state index in [2.05, 4.69) is 65.9 Å². The van der Waals surface area contributed by atoms with Crippen LogP contribution in [0.15, 0.2) is 29.4 Å². The van der Waals surface area contributed by atoms with Gasteiger partial charge >= 0.3 is 0 Å². The van der Waals surface area contributed by atoms with Crippen LogP contribution in [-0.4, -0.2) is 33.3 Å². The summed E-state index contributed by atoms with van der Waals surface area (Å²) < 4.78 is 1.87. The van der Waals surface area contributed by atoms with Crippen LogP contribution in [0.1, 0.15) is 25.0 Å². The average molecular weight is 305 g/mol. The number of aromatic nitrogens is 4. The molecular formula is C15H23N5S. The Labute approximate surface area is 130 Å². The smallest absolute Gasteiger partial charge is 0.209 e. The molecule has 1 N–H and O–H groups in total. The summed E-state index contributed by atoms with van der Waals surface area (Å²) in [5.74, 6) is 1.55. The van der Waals surface area contributed by atoms with E-state index in [1.54, 1.807) is 11.8 Å². The van der Waals surface area contributed by atoms with E-state index < -0.39 is 0 Å². The first-order valence-corrected chi connectivity index (χ1v) is 8.29. The lowest BCUT2D eigenvalue weighted by molar-refractivity contribution is 0.482. The van der Waals surface area contributed by atoms with Crippen molar-refractivity contribution in [3.05, 3.63) is 35.4 Å². The number of tetrazole rings is 1. The first-order valence-electron chi connectivity index (χ1n) is 7.30. The molecule has 1 aromatic carbocycles. The third-order valence-corrected chi connectivity index (χ3v) is 4.03. The highest BCUT2D eigenvalue weighted by molar-refractivity contribution is 7.98. The van der Waals surface area contributed by atoms with E-state index in [0.717, 1.165) is 30.5 Å². The van der Waals surface area contributed by atoms with Crippen LogP contribution in [-0.2, 0) is 12.3 Å². The Hall–Kier alpha value is -1.40. The van der Waals surface area contributed by atoms with Crippen molar-refractivity contribution in [3.63, 3.8) is 0 Å². The van der Waals surface area contributed by atoms with Gasteiger partial charge in [0, 0.05) is 12.3 Å². The summed E-state index contributed by atoms with van der Waals surface area (Å²) in [5, 5.41) is 16.2. The van der Waals surface area contributed by atoms with Gasteiger partial charge in [-0.1, -0.05) is 55.4 Å². The largest absolute Gasteiger partial charge is 0.315 e. The number of hydrogen-bond donors (Lipinski definition) is 1. The lowest BCUT2D eigenvalue weighted by Crippen LogP contribution is -2.24. The first kappa shape index (κ1) is 16.0. The number of hydrogen-bond acceptors (Lipinski definition) is 5. The fourth-order valence-electron chi connectivity index (χ4n) is 1.97. The molecule has 114 valence electrons. The Morgan fingerprint density at radius 3 is 2.95 bits per heavy atom. The molecule has 2 aromatic rings. The fourth-order valence-corrected chi connectivity index (χ4v) is 2.81. The van der Waals surface area contributed by atoms with Gasteiger partial charge in [-0.15, -0.1) is 5.10 Å². The summed E-state index contributed by atoms with van der Waals surface area (Å²) in [6.45, 7) is 9.23. The highest BCUT2D eigenvalue weighted by atomic mass is 32.2. The van der Waals surface area contributed by atoms with Crippen molar-refractivity contribution in [3.8, 4) is 0 Å². The molecule has 0 saturated heterocycles. The number of rotatable bonds is 8. The van der Waals surface area contributed by atoms with Crippen molar-refractivity contribution in [1.29, 1.82) is 0 Å². The molecule has 6 heteroatoms. The highest BCUT2D eigenvalue weighted by Gasteiger charge is 2.07. The topological polar surface area (TPSA) is 55.6 Å². The molecule has 21 heavy (non-hydrogen) atoms. The molecule has 0 spiro atoms. The Bertz CT molecular complexity index is 553. The zero-order chi connectivity index (χ0) is 15.1. The van der Waals surface area contributed by atoms with Gasteiger partial charge in [0.2, 0.25) is 5.16 Å². The third kappa shape index (κ3) is 5.47. The van der Waals surface area contributed by atoms with E-state index in [1.807, 2.05) is 4.68 Å². The molecule has 0 atom stereocenters. The van der Waals surface area contributed by atoms with Gasteiger partial charge in [0.05, 0.1) is 6.54 Å². The number of nitrogens with one attached hydrogen (secondary N) is 1. The number of nitrogens with zero attached hydrogens (tertiary/aromatic N) is 4. The molecule has 0 aliphatic heterocycles. The molecule has 1 aromatic heterocycles. The van der Waals surface area contributed by atoms with E-state index >= 15 is 0 Å². The minimum Gasteiger partial charge on any atom is -0.315 e. The molecule has 0 aliphatic rings. The second kappa shape index (κ2) is 8.14. The van der Waals surface area contributed by atoms with E-state index in [1.165, 1.54) is 11.1 Å². The zero-order valence-corrected chi connectivity index (χ0v) is 13.7. The van der Waals surface area contributed by atoms with E-state index in [-0.39, 0.29) is 0 Å². The molecule has 0 bridgehead atoms. The predicted octanol–water partition coefficient (Wildman–Crippen LogP) is 2.52.